The van der Waals surface area contributed by atoms with Crippen LogP contribution in [0.2, 0.25) is 0 Å². The summed E-state index contributed by atoms with van der Waals surface area (Å²) < 4.78 is 0.952. The minimum absolute atomic E-state index is 0.0453. The molecule has 0 bridgehead atoms. The molecule has 2 aliphatic heterocycles. The summed E-state index contributed by atoms with van der Waals surface area (Å²) in [6.45, 7) is 1.99. The van der Waals surface area contributed by atoms with Gasteiger partial charge in [0.1, 0.15) is 0 Å². The second-order valence-corrected chi connectivity index (χ2v) is 9.86. The fourth-order valence-corrected chi connectivity index (χ4v) is 6.18. The van der Waals surface area contributed by atoms with Gasteiger partial charge >= 0.3 is 0 Å². The number of carbonyl (C=O) groups is 1. The zero-order valence-electron chi connectivity index (χ0n) is 18.0. The average Bonchev–Trinajstić information content (AvgIpc) is 3.15. The molecule has 1 fully saturated rings. The van der Waals surface area contributed by atoms with Gasteiger partial charge < -0.3 is 0 Å². The van der Waals surface area contributed by atoms with Gasteiger partial charge in [-0.25, -0.2) is 0 Å². The van der Waals surface area contributed by atoms with E-state index in [9.17, 15) is 15.3 Å². The molecule has 1 N–H and O–H groups in total. The Balaban J connectivity index is 1.79. The van der Waals surface area contributed by atoms with E-state index in [1.54, 1.807) is 0 Å². The molecule has 2 aliphatic rings. The van der Waals surface area contributed by atoms with Gasteiger partial charge in [-0.05, 0) is 52.8 Å². The number of hydrogen-bond acceptors (Lipinski definition) is 3. The SMILES string of the molecule is Cc1ccc(C(=O)[C@H]2[C@H](c3ccccc3I)C(C#N)(C#N)[C@H]3c4ccccc4C=C[NH+]23)cc1. The first-order valence-electron chi connectivity index (χ1n) is 10.8. The number of nitrogens with one attached hydrogen (secondary N) is 1. The maximum absolute atomic E-state index is 14.1. The van der Waals surface area contributed by atoms with Crippen molar-refractivity contribution in [2.24, 2.45) is 5.41 Å². The Kier molecular flexibility index (Phi) is 5.40. The number of quaternary nitrogens is 1. The van der Waals surface area contributed by atoms with Gasteiger partial charge in [-0.2, -0.15) is 10.5 Å². The van der Waals surface area contributed by atoms with E-state index in [1.807, 2.05) is 92.0 Å². The first-order chi connectivity index (χ1) is 16.0. The van der Waals surface area contributed by atoms with Crippen LogP contribution in [0.3, 0.4) is 0 Å². The van der Waals surface area contributed by atoms with Crippen molar-refractivity contribution in [1.82, 2.24) is 0 Å². The number of Topliss-reactive ketones (excluding diaryl/α,β-unsaturated/α-hetero) is 1. The van der Waals surface area contributed by atoms with Crippen LogP contribution in [0.1, 0.15) is 44.6 Å². The number of rotatable bonds is 3. The molecule has 0 spiro atoms. The maximum Gasteiger partial charge on any atom is 0.221 e. The van der Waals surface area contributed by atoms with E-state index in [0.29, 0.717) is 5.56 Å². The summed E-state index contributed by atoms with van der Waals surface area (Å²) in [5, 5.41) is 21.2. The van der Waals surface area contributed by atoms with Crippen molar-refractivity contribution >= 4 is 34.5 Å². The molecule has 3 aromatic rings. The molecule has 1 saturated heterocycles. The molecule has 0 radical (unpaired) electrons. The second kappa shape index (κ2) is 8.26. The third-order valence-corrected chi connectivity index (χ3v) is 7.95. The molecular formula is C28H21IN3O+. The van der Waals surface area contributed by atoms with Crippen LogP contribution < -0.4 is 4.90 Å². The molecule has 2 heterocycles. The van der Waals surface area contributed by atoms with Crippen molar-refractivity contribution in [2.75, 3.05) is 0 Å². The molecular weight excluding hydrogens is 521 g/mol. The Morgan fingerprint density at radius 3 is 2.24 bits per heavy atom. The van der Waals surface area contributed by atoms with Crippen LogP contribution in [-0.4, -0.2) is 11.8 Å². The standard InChI is InChI=1S/C28H20IN3O/c1-18-10-12-20(13-11-18)26(33)25-24(22-8-4-5-9-23(22)29)28(16-30,17-31)27-21-7-3-2-6-19(21)14-15-32(25)27/h2-15,24-25,27H,1H3/p+1/t24-,25+,27+/m0/s1. The smallest absolute Gasteiger partial charge is 0.221 e. The Morgan fingerprint density at radius 2 is 1.58 bits per heavy atom. The van der Waals surface area contributed by atoms with Gasteiger partial charge in [0.25, 0.3) is 0 Å². The number of hydrogen-bond donors (Lipinski definition) is 1. The van der Waals surface area contributed by atoms with E-state index in [-0.39, 0.29) is 5.78 Å². The summed E-state index contributed by atoms with van der Waals surface area (Å²) in [6, 6.07) is 27.0. The second-order valence-electron chi connectivity index (χ2n) is 8.70. The van der Waals surface area contributed by atoms with Crippen molar-refractivity contribution < 1.29 is 9.69 Å². The number of aryl methyl sites for hydroxylation is 1. The van der Waals surface area contributed by atoms with Crippen LogP contribution in [0.5, 0.6) is 0 Å². The van der Waals surface area contributed by atoms with Crippen molar-refractivity contribution in [3.63, 3.8) is 0 Å². The normalized spacial score (nSPS) is 24.2. The number of carbonyl (C=O) groups excluding carboxylic acids is 1. The van der Waals surface area contributed by atoms with Crippen molar-refractivity contribution in [3.8, 4) is 12.1 Å². The van der Waals surface area contributed by atoms with Crippen molar-refractivity contribution in [1.29, 1.82) is 10.5 Å². The lowest BCUT2D eigenvalue weighted by atomic mass is 9.67. The van der Waals surface area contributed by atoms with Crippen molar-refractivity contribution in [3.05, 3.63) is 110 Å². The van der Waals surface area contributed by atoms with E-state index < -0.39 is 23.4 Å². The third kappa shape index (κ3) is 3.23. The minimum atomic E-state index is -1.40. The van der Waals surface area contributed by atoms with Gasteiger partial charge in [-0.1, -0.05) is 72.3 Å². The van der Waals surface area contributed by atoms with Gasteiger partial charge in [0.15, 0.2) is 12.1 Å². The molecule has 5 heteroatoms. The largest absolute Gasteiger partial charge is 0.291 e. The molecule has 1 unspecified atom stereocenters. The quantitative estimate of drug-likeness (QED) is 0.389. The first-order valence-corrected chi connectivity index (χ1v) is 11.9. The summed E-state index contributed by atoms with van der Waals surface area (Å²) in [5.74, 6) is -0.624. The lowest BCUT2D eigenvalue weighted by Crippen LogP contribution is -3.11. The molecule has 0 aliphatic carbocycles. The van der Waals surface area contributed by atoms with Gasteiger partial charge in [-0.15, -0.1) is 0 Å². The van der Waals surface area contributed by atoms with Crippen LogP contribution in [-0.2, 0) is 0 Å². The molecule has 0 amide bonds. The highest BCUT2D eigenvalue weighted by molar-refractivity contribution is 14.1. The summed E-state index contributed by atoms with van der Waals surface area (Å²) in [6.07, 6.45) is 3.98. The van der Waals surface area contributed by atoms with Gasteiger partial charge in [0, 0.05) is 14.7 Å². The number of nitrogens with zero attached hydrogens (tertiary/aromatic N) is 2. The van der Waals surface area contributed by atoms with Crippen LogP contribution in [0.4, 0.5) is 0 Å². The fourth-order valence-electron chi connectivity index (χ4n) is 5.46. The molecule has 3 aromatic carbocycles. The number of ketones is 1. The zero-order valence-corrected chi connectivity index (χ0v) is 20.2. The lowest BCUT2D eigenvalue weighted by molar-refractivity contribution is -0.885. The Bertz CT molecular complexity index is 1350. The predicted molar refractivity (Wildman–Crippen MR) is 134 cm³/mol. The van der Waals surface area contributed by atoms with Gasteiger partial charge in [0.2, 0.25) is 11.2 Å². The van der Waals surface area contributed by atoms with E-state index in [2.05, 4.69) is 34.7 Å². The number of benzene rings is 3. The summed E-state index contributed by atoms with van der Waals surface area (Å²) >= 11 is 2.25. The molecule has 4 atom stereocenters. The Morgan fingerprint density at radius 1 is 0.939 bits per heavy atom. The third-order valence-electron chi connectivity index (χ3n) is 6.96. The molecule has 33 heavy (non-hydrogen) atoms. The molecule has 5 rings (SSSR count). The van der Waals surface area contributed by atoms with Crippen LogP contribution >= 0.6 is 22.6 Å². The summed E-state index contributed by atoms with van der Waals surface area (Å²) in [4.78, 5) is 14.9. The topological polar surface area (TPSA) is 69.1 Å². The highest BCUT2D eigenvalue weighted by Gasteiger charge is 2.68. The Hall–Kier alpha value is -3.26. The van der Waals surface area contributed by atoms with Crippen LogP contribution in [0.15, 0.2) is 79.0 Å². The highest BCUT2D eigenvalue weighted by atomic mass is 127. The number of nitriles is 2. The average molecular weight is 542 g/mol. The molecule has 160 valence electrons. The maximum atomic E-state index is 14.1. The molecule has 0 aromatic heterocycles. The predicted octanol–water partition coefficient (Wildman–Crippen LogP) is 4.59. The lowest BCUT2D eigenvalue weighted by Gasteiger charge is -2.29. The van der Waals surface area contributed by atoms with E-state index >= 15 is 0 Å². The van der Waals surface area contributed by atoms with Gasteiger partial charge in [-0.3, -0.25) is 9.69 Å². The van der Waals surface area contributed by atoms with Crippen LogP contribution in [0, 0.1) is 38.6 Å². The summed E-state index contributed by atoms with van der Waals surface area (Å²) in [7, 11) is 0. The van der Waals surface area contributed by atoms with Crippen molar-refractivity contribution in [2.45, 2.75) is 24.9 Å². The van der Waals surface area contributed by atoms with E-state index in [4.69, 9.17) is 0 Å². The molecule has 4 nitrogen and oxygen atoms in total. The van der Waals surface area contributed by atoms with Gasteiger partial charge in [0.05, 0.1) is 24.3 Å². The highest BCUT2D eigenvalue weighted by Crippen LogP contribution is 2.52. The number of halogens is 1. The van der Waals surface area contributed by atoms with E-state index in [1.165, 1.54) is 0 Å². The van der Waals surface area contributed by atoms with E-state index in [0.717, 1.165) is 30.7 Å². The zero-order chi connectivity index (χ0) is 23.2. The first kappa shape index (κ1) is 21.6. The monoisotopic (exact) mass is 542 g/mol. The van der Waals surface area contributed by atoms with Crippen LogP contribution in [0.25, 0.3) is 6.08 Å². The number of fused-ring (bicyclic) bond motifs is 3. The summed E-state index contributed by atoms with van der Waals surface area (Å²) in [5.41, 5.74) is 3.08. The fraction of sp³-hybridized carbons (Fsp3) is 0.179. The molecule has 0 saturated carbocycles. The Labute approximate surface area is 206 Å². The minimum Gasteiger partial charge on any atom is -0.291 e.